The van der Waals surface area contributed by atoms with E-state index in [0.717, 1.165) is 34.4 Å². The number of carboxylic acids is 1. The van der Waals surface area contributed by atoms with Crippen LogP contribution in [0.25, 0.3) is 11.1 Å². The van der Waals surface area contributed by atoms with E-state index in [9.17, 15) is 41.1 Å². The number of nitrogens with one attached hydrogen (secondary N) is 2. The smallest absolute Gasteiger partial charge is 0.431 e. The first-order valence-electron chi connectivity index (χ1n) is 16.6. The molecule has 0 aliphatic carbocycles. The minimum absolute atomic E-state index is 0.0981. The molecule has 3 N–H and O–H groups in total. The quantitative estimate of drug-likeness (QED) is 0.128. The summed E-state index contributed by atoms with van der Waals surface area (Å²) in [7, 11) is 0. The van der Waals surface area contributed by atoms with E-state index in [1.807, 2.05) is 39.8 Å². The van der Waals surface area contributed by atoms with Crippen LogP contribution in [0.1, 0.15) is 78.0 Å². The molecule has 0 unspecified atom stereocenters. The Morgan fingerprint density at radius 2 is 1.65 bits per heavy atom. The van der Waals surface area contributed by atoms with Crippen molar-refractivity contribution < 1.29 is 41.4 Å². The summed E-state index contributed by atoms with van der Waals surface area (Å²) in [6.07, 6.45) is -4.06. The third-order valence-electron chi connectivity index (χ3n) is 8.56. The van der Waals surface area contributed by atoms with Crippen molar-refractivity contribution in [1.82, 2.24) is 20.1 Å². The number of carboxylic acid groups (broad SMARTS) is 1. The monoisotopic (exact) mass is 754 g/mol. The number of aryl methyl sites for hydroxylation is 3. The fourth-order valence-corrected chi connectivity index (χ4v) is 6.48. The van der Waals surface area contributed by atoms with Crippen LogP contribution in [0.3, 0.4) is 0 Å². The lowest BCUT2D eigenvalue weighted by molar-refractivity contribution is -0.144. The summed E-state index contributed by atoms with van der Waals surface area (Å²) in [5.41, 5.74) is 0.270. The van der Waals surface area contributed by atoms with Gasteiger partial charge in [-0.05, 0) is 104 Å². The molecule has 0 bridgehead atoms. The molecule has 2 amide bonds. The van der Waals surface area contributed by atoms with Crippen LogP contribution in [0.5, 0.6) is 0 Å². The number of amides is 2. The van der Waals surface area contributed by atoms with E-state index in [1.54, 1.807) is 24.0 Å². The van der Waals surface area contributed by atoms with Gasteiger partial charge in [0, 0.05) is 43.3 Å². The van der Waals surface area contributed by atoms with Gasteiger partial charge in [0.05, 0.1) is 12.5 Å². The number of halogens is 6. The molecule has 1 atom stereocenters. The van der Waals surface area contributed by atoms with Crippen LogP contribution in [0.2, 0.25) is 5.02 Å². The number of rotatable bonds is 13. The van der Waals surface area contributed by atoms with Gasteiger partial charge in [-0.15, -0.1) is 0 Å². The fourth-order valence-electron chi connectivity index (χ4n) is 6.15. The first kappa shape index (κ1) is 42.1. The number of carbonyl (C=O) groups excluding carboxylic acids is 2. The molecule has 1 aromatic heterocycles. The van der Waals surface area contributed by atoms with Crippen LogP contribution < -0.4 is 16.2 Å². The largest absolute Gasteiger partial charge is 0.481 e. The zero-order chi connectivity index (χ0) is 39.1. The Kier molecular flexibility index (Phi) is 14.2. The Balaban J connectivity index is 0.000000281. The second-order valence-electron chi connectivity index (χ2n) is 13.7. The standard InChI is InChI=1S/C19H19ClFNO3.C18H25F4N3O2/c1-10-5-14(20)6-11(2)18(10)13-4-12(3)19(21)15(7-13)16(22-9-23)8-17(24)25;1-12(2)6-7-23-15(26)13-4-5-14(18(20,21)22)25(16(13)27)9-8-24-10-17(3,19)11-24/h4-7,9,16H,8H2,1-3H3,(H,22,23)(H,24,25);4-5,12H,6-11H2,1-3H3,(H,23,26)/t16-;/m0./s1. The molecule has 0 saturated carbocycles. The number of aromatic nitrogens is 1. The summed E-state index contributed by atoms with van der Waals surface area (Å²) >= 11 is 6.07. The average molecular weight is 755 g/mol. The molecule has 0 spiro atoms. The highest BCUT2D eigenvalue weighted by atomic mass is 35.5. The molecule has 4 rings (SSSR count). The third-order valence-corrected chi connectivity index (χ3v) is 8.77. The number of alkyl halides is 4. The molecule has 9 nitrogen and oxygen atoms in total. The summed E-state index contributed by atoms with van der Waals surface area (Å²) in [6, 6.07) is 7.65. The molecular formula is C37H44ClF5N4O5. The Hall–Kier alpha value is -4.30. The van der Waals surface area contributed by atoms with Crippen molar-refractivity contribution in [3.05, 3.63) is 91.1 Å². The highest BCUT2D eigenvalue weighted by Crippen LogP contribution is 2.35. The lowest BCUT2D eigenvalue weighted by Gasteiger charge is -2.42. The van der Waals surface area contributed by atoms with Gasteiger partial charge in [0.2, 0.25) is 6.41 Å². The van der Waals surface area contributed by atoms with Gasteiger partial charge in [0.15, 0.2) is 0 Å². The fraction of sp³-hybridized carbons (Fsp3) is 0.459. The summed E-state index contributed by atoms with van der Waals surface area (Å²) in [6.45, 7) is 11.2. The van der Waals surface area contributed by atoms with E-state index in [-0.39, 0.29) is 37.3 Å². The van der Waals surface area contributed by atoms with Crippen molar-refractivity contribution in [2.75, 3.05) is 26.2 Å². The molecule has 15 heteroatoms. The maximum absolute atomic E-state index is 14.6. The Labute approximate surface area is 304 Å². The number of likely N-dealkylation sites (tertiary alicyclic amines) is 1. The summed E-state index contributed by atoms with van der Waals surface area (Å²) in [5.74, 6) is -2.00. The predicted octanol–water partition coefficient (Wildman–Crippen LogP) is 7.02. The van der Waals surface area contributed by atoms with E-state index >= 15 is 0 Å². The SMILES string of the molecule is CC(C)CCNC(=O)c1ccc(C(F)(F)F)n(CCN2CC(C)(F)C2)c1=O.Cc1cc(-c2c(C)cc(Cl)cc2C)cc([C@H](CC(=O)O)NC=O)c1F. The molecule has 2 heterocycles. The third kappa shape index (κ3) is 11.1. The Morgan fingerprint density at radius 1 is 1.04 bits per heavy atom. The number of pyridine rings is 1. The second kappa shape index (κ2) is 17.5. The van der Waals surface area contributed by atoms with Crippen LogP contribution in [0.4, 0.5) is 22.0 Å². The highest BCUT2D eigenvalue weighted by molar-refractivity contribution is 6.30. The number of carbonyl (C=O) groups is 3. The van der Waals surface area contributed by atoms with E-state index in [2.05, 4.69) is 10.6 Å². The minimum atomic E-state index is -4.73. The number of aliphatic carboxylic acids is 1. The molecule has 284 valence electrons. The Bertz CT molecular complexity index is 1810. The molecule has 0 radical (unpaired) electrons. The van der Waals surface area contributed by atoms with Gasteiger partial charge in [-0.1, -0.05) is 25.4 Å². The van der Waals surface area contributed by atoms with Gasteiger partial charge in [-0.3, -0.25) is 24.1 Å². The van der Waals surface area contributed by atoms with Crippen molar-refractivity contribution in [3.8, 4) is 11.1 Å². The van der Waals surface area contributed by atoms with Crippen molar-refractivity contribution in [2.24, 2.45) is 5.92 Å². The summed E-state index contributed by atoms with van der Waals surface area (Å²) in [4.78, 5) is 48.2. The lowest BCUT2D eigenvalue weighted by Crippen LogP contribution is -2.57. The normalized spacial score (nSPS) is 14.6. The zero-order valence-corrected chi connectivity index (χ0v) is 30.6. The van der Waals surface area contributed by atoms with E-state index in [0.29, 0.717) is 40.4 Å². The van der Waals surface area contributed by atoms with Crippen LogP contribution >= 0.6 is 11.6 Å². The van der Waals surface area contributed by atoms with Crippen molar-refractivity contribution >= 4 is 29.9 Å². The van der Waals surface area contributed by atoms with Gasteiger partial charge in [-0.2, -0.15) is 13.2 Å². The first-order valence-corrected chi connectivity index (χ1v) is 17.0. The van der Waals surface area contributed by atoms with Crippen LogP contribution in [0, 0.1) is 32.5 Å². The first-order chi connectivity index (χ1) is 24.1. The molecule has 2 aromatic carbocycles. The van der Waals surface area contributed by atoms with Gasteiger partial charge >= 0.3 is 12.1 Å². The van der Waals surface area contributed by atoms with Crippen molar-refractivity contribution in [2.45, 2.75) is 78.8 Å². The van der Waals surface area contributed by atoms with Gasteiger partial charge in [0.1, 0.15) is 22.7 Å². The molecule has 1 aliphatic heterocycles. The van der Waals surface area contributed by atoms with Gasteiger partial charge < -0.3 is 20.3 Å². The number of nitrogens with zero attached hydrogens (tertiary/aromatic N) is 2. The molecule has 1 fully saturated rings. The van der Waals surface area contributed by atoms with E-state index < -0.39 is 53.3 Å². The number of hydrogen-bond acceptors (Lipinski definition) is 5. The molecule has 1 aliphatic rings. The minimum Gasteiger partial charge on any atom is -0.481 e. The van der Waals surface area contributed by atoms with Crippen molar-refractivity contribution in [1.29, 1.82) is 0 Å². The predicted molar refractivity (Wildman–Crippen MR) is 189 cm³/mol. The summed E-state index contributed by atoms with van der Waals surface area (Å²) in [5, 5.41) is 14.6. The Morgan fingerprint density at radius 3 is 2.17 bits per heavy atom. The molecule has 52 heavy (non-hydrogen) atoms. The van der Waals surface area contributed by atoms with Crippen LogP contribution in [-0.4, -0.2) is 64.7 Å². The summed E-state index contributed by atoms with van der Waals surface area (Å²) < 4.78 is 68.5. The molecule has 3 aromatic rings. The maximum atomic E-state index is 14.6. The number of benzene rings is 2. The van der Waals surface area contributed by atoms with Crippen LogP contribution in [0.15, 0.2) is 41.2 Å². The second-order valence-corrected chi connectivity index (χ2v) is 14.1. The van der Waals surface area contributed by atoms with Gasteiger partial charge in [-0.25, -0.2) is 8.78 Å². The van der Waals surface area contributed by atoms with Crippen LogP contribution in [-0.2, 0) is 22.3 Å². The van der Waals surface area contributed by atoms with Crippen molar-refractivity contribution in [3.63, 3.8) is 0 Å². The average Bonchev–Trinajstić information content (AvgIpc) is 2.99. The van der Waals surface area contributed by atoms with E-state index in [1.165, 1.54) is 6.92 Å². The van der Waals surface area contributed by atoms with Gasteiger partial charge in [0.25, 0.3) is 11.5 Å². The zero-order valence-electron chi connectivity index (χ0n) is 29.9. The maximum Gasteiger partial charge on any atom is 0.431 e. The lowest BCUT2D eigenvalue weighted by atomic mass is 9.90. The highest BCUT2D eigenvalue weighted by Gasteiger charge is 2.39. The van der Waals surface area contributed by atoms with E-state index in [4.69, 9.17) is 16.7 Å². The number of hydrogen-bond donors (Lipinski definition) is 3. The molecule has 1 saturated heterocycles. The molecular weight excluding hydrogens is 711 g/mol. The topological polar surface area (TPSA) is 121 Å².